The smallest absolute Gasteiger partial charge is 0.361 e. The van der Waals surface area contributed by atoms with Crippen LogP contribution in [0.1, 0.15) is 25.5 Å². The molecule has 0 saturated heterocycles. The van der Waals surface area contributed by atoms with Gasteiger partial charge in [0, 0.05) is 12.1 Å². The largest absolute Gasteiger partial charge is 0.385 e. The summed E-state index contributed by atoms with van der Waals surface area (Å²) in [5, 5.41) is 30.6. The van der Waals surface area contributed by atoms with E-state index in [1.54, 1.807) is 13.8 Å². The molecule has 8 nitrogen and oxygen atoms in total. The van der Waals surface area contributed by atoms with E-state index in [-0.39, 0.29) is 24.5 Å². The van der Waals surface area contributed by atoms with E-state index in [0.29, 0.717) is 0 Å². The highest BCUT2D eigenvalue weighted by atomic mass is 31.2. The van der Waals surface area contributed by atoms with Gasteiger partial charge in [0.25, 0.3) is 5.69 Å². The molecule has 0 amide bonds. The molecule has 0 spiro atoms. The maximum absolute atomic E-state index is 12.3. The number of rotatable bonds is 8. The van der Waals surface area contributed by atoms with Gasteiger partial charge in [0.15, 0.2) is 5.85 Å². The van der Waals surface area contributed by atoms with Crippen LogP contribution in [0.2, 0.25) is 0 Å². The Morgan fingerprint density at radius 1 is 1.19 bits per heavy atom. The van der Waals surface area contributed by atoms with E-state index in [4.69, 9.17) is 9.05 Å². The van der Waals surface area contributed by atoms with Crippen LogP contribution in [0, 0.1) is 10.1 Å². The van der Waals surface area contributed by atoms with Crippen LogP contribution in [0.4, 0.5) is 5.69 Å². The molecule has 0 heterocycles. The van der Waals surface area contributed by atoms with Gasteiger partial charge in [-0.3, -0.25) is 14.7 Å². The Kier molecular flexibility index (Phi) is 6.44. The van der Waals surface area contributed by atoms with Crippen LogP contribution in [0.25, 0.3) is 0 Å². The number of aliphatic hydroxyl groups excluding tert-OH is 2. The SMILES string of the molecule is CCOP(=O)(OCC)[C@@H](O)[C@@H](O)c1ccc([N+](=O)[O-])cc1. The van der Waals surface area contributed by atoms with Crippen LogP contribution in [0.15, 0.2) is 24.3 Å². The van der Waals surface area contributed by atoms with E-state index in [0.717, 1.165) is 0 Å². The van der Waals surface area contributed by atoms with Crippen molar-refractivity contribution >= 4 is 13.3 Å². The summed E-state index contributed by atoms with van der Waals surface area (Å²) in [6, 6.07) is 4.90. The molecule has 2 atom stereocenters. The summed E-state index contributed by atoms with van der Waals surface area (Å²) in [5.41, 5.74) is 0.0194. The molecule has 21 heavy (non-hydrogen) atoms. The van der Waals surface area contributed by atoms with Gasteiger partial charge in [-0.15, -0.1) is 0 Å². The van der Waals surface area contributed by atoms with Gasteiger partial charge in [0.1, 0.15) is 6.10 Å². The molecular weight excluding hydrogens is 301 g/mol. The van der Waals surface area contributed by atoms with E-state index in [1.165, 1.54) is 24.3 Å². The molecule has 2 N–H and O–H groups in total. The van der Waals surface area contributed by atoms with E-state index < -0.39 is 24.5 Å². The summed E-state index contributed by atoms with van der Waals surface area (Å²) in [4.78, 5) is 9.97. The van der Waals surface area contributed by atoms with E-state index in [1.807, 2.05) is 0 Å². The number of nitrogens with zero attached hydrogens (tertiary/aromatic N) is 1. The molecule has 0 aliphatic heterocycles. The molecule has 0 saturated carbocycles. The fourth-order valence-electron chi connectivity index (χ4n) is 1.69. The summed E-state index contributed by atoms with van der Waals surface area (Å²) >= 11 is 0. The molecule has 0 aliphatic carbocycles. The van der Waals surface area contributed by atoms with Crippen molar-refractivity contribution in [1.29, 1.82) is 0 Å². The third-order valence-electron chi connectivity index (χ3n) is 2.67. The molecule has 9 heteroatoms. The third-order valence-corrected chi connectivity index (χ3v) is 4.84. The lowest BCUT2D eigenvalue weighted by Gasteiger charge is -2.25. The van der Waals surface area contributed by atoms with Crippen LogP contribution < -0.4 is 0 Å². The minimum atomic E-state index is -3.89. The maximum Gasteiger partial charge on any atom is 0.361 e. The van der Waals surface area contributed by atoms with E-state index in [9.17, 15) is 24.9 Å². The Labute approximate surface area is 122 Å². The molecule has 1 aromatic carbocycles. The zero-order valence-corrected chi connectivity index (χ0v) is 12.6. The summed E-state index contributed by atoms with van der Waals surface area (Å²) in [6.45, 7) is 3.25. The average Bonchev–Trinajstić information content (AvgIpc) is 2.46. The molecule has 118 valence electrons. The number of aliphatic hydroxyl groups is 2. The molecule has 0 radical (unpaired) electrons. The molecule has 1 aromatic rings. The number of benzene rings is 1. The van der Waals surface area contributed by atoms with Crippen molar-refractivity contribution in [2.24, 2.45) is 0 Å². The molecule has 0 bridgehead atoms. The van der Waals surface area contributed by atoms with Gasteiger partial charge in [-0.05, 0) is 31.5 Å². The average molecular weight is 319 g/mol. The van der Waals surface area contributed by atoms with Gasteiger partial charge < -0.3 is 19.3 Å². The highest BCUT2D eigenvalue weighted by molar-refractivity contribution is 7.54. The van der Waals surface area contributed by atoms with Crippen LogP contribution in [0.5, 0.6) is 0 Å². The van der Waals surface area contributed by atoms with Crippen LogP contribution >= 0.6 is 7.60 Å². The standard InChI is InChI=1S/C12H18NO7P/c1-3-19-21(18,20-4-2)12(15)11(14)9-5-7-10(8-6-9)13(16)17/h5-8,11-12,14-15H,3-4H2,1-2H3/t11-,12+/m0/s1. The van der Waals surface area contributed by atoms with Crippen molar-refractivity contribution in [3.8, 4) is 0 Å². The topological polar surface area (TPSA) is 119 Å². The zero-order valence-electron chi connectivity index (χ0n) is 11.7. The summed E-state index contributed by atoms with van der Waals surface area (Å²) in [5.74, 6) is -1.78. The van der Waals surface area contributed by atoms with Crippen LogP contribution in [-0.2, 0) is 13.6 Å². The third kappa shape index (κ3) is 4.33. The number of nitro benzene ring substituents is 1. The quantitative estimate of drug-likeness (QED) is 0.428. The lowest BCUT2D eigenvalue weighted by atomic mass is 10.1. The van der Waals surface area contributed by atoms with E-state index >= 15 is 0 Å². The van der Waals surface area contributed by atoms with Gasteiger partial charge in [0.2, 0.25) is 0 Å². The minimum Gasteiger partial charge on any atom is -0.385 e. The first kappa shape index (κ1) is 17.7. The van der Waals surface area contributed by atoms with Crippen molar-refractivity contribution in [3.05, 3.63) is 39.9 Å². The number of nitro groups is 1. The van der Waals surface area contributed by atoms with Gasteiger partial charge in [0.05, 0.1) is 18.1 Å². The molecule has 0 aromatic heterocycles. The Hall–Kier alpha value is -1.31. The Balaban J connectivity index is 2.96. The first-order valence-electron chi connectivity index (χ1n) is 6.35. The second-order valence-corrected chi connectivity index (χ2v) is 6.21. The first-order valence-corrected chi connectivity index (χ1v) is 7.96. The highest BCUT2D eigenvalue weighted by Crippen LogP contribution is 2.55. The van der Waals surface area contributed by atoms with Crippen molar-refractivity contribution in [3.63, 3.8) is 0 Å². The molecule has 1 rings (SSSR count). The fourth-order valence-corrected chi connectivity index (χ4v) is 3.31. The number of non-ortho nitro benzene ring substituents is 1. The number of hydrogen-bond acceptors (Lipinski definition) is 7. The lowest BCUT2D eigenvalue weighted by Crippen LogP contribution is -2.21. The molecular formula is C12H18NO7P. The number of hydrogen-bond donors (Lipinski definition) is 2. The summed E-state index contributed by atoms with van der Waals surface area (Å²) in [6.07, 6.45) is -1.55. The van der Waals surface area contributed by atoms with Crippen molar-refractivity contribution < 1.29 is 28.7 Å². The van der Waals surface area contributed by atoms with Gasteiger partial charge >= 0.3 is 7.60 Å². The fraction of sp³-hybridized carbons (Fsp3) is 0.500. The summed E-state index contributed by atoms with van der Waals surface area (Å²) in [7, 11) is -3.89. The van der Waals surface area contributed by atoms with E-state index in [2.05, 4.69) is 0 Å². The second kappa shape index (κ2) is 7.63. The second-order valence-electron chi connectivity index (χ2n) is 4.08. The predicted octanol–water partition coefficient (Wildman–Crippen LogP) is 2.21. The Morgan fingerprint density at radius 2 is 1.67 bits per heavy atom. The summed E-state index contributed by atoms with van der Waals surface area (Å²) < 4.78 is 22.2. The monoisotopic (exact) mass is 319 g/mol. The highest BCUT2D eigenvalue weighted by Gasteiger charge is 2.40. The van der Waals surface area contributed by atoms with Crippen molar-refractivity contribution in [2.75, 3.05) is 13.2 Å². The predicted molar refractivity (Wildman–Crippen MR) is 74.9 cm³/mol. The van der Waals surface area contributed by atoms with Gasteiger partial charge in [-0.1, -0.05) is 0 Å². The lowest BCUT2D eigenvalue weighted by molar-refractivity contribution is -0.384. The molecule has 0 fully saturated rings. The molecule has 0 unspecified atom stereocenters. The van der Waals surface area contributed by atoms with Crippen LogP contribution in [-0.4, -0.2) is 34.2 Å². The van der Waals surface area contributed by atoms with Gasteiger partial charge in [-0.25, -0.2) is 0 Å². The zero-order chi connectivity index (χ0) is 16.0. The van der Waals surface area contributed by atoms with Crippen molar-refractivity contribution in [2.45, 2.75) is 25.8 Å². The Morgan fingerprint density at radius 3 is 2.05 bits per heavy atom. The first-order chi connectivity index (χ1) is 9.85. The van der Waals surface area contributed by atoms with Gasteiger partial charge in [-0.2, -0.15) is 0 Å². The van der Waals surface area contributed by atoms with Crippen LogP contribution in [0.3, 0.4) is 0 Å². The molecule has 0 aliphatic rings. The van der Waals surface area contributed by atoms with Crippen molar-refractivity contribution in [1.82, 2.24) is 0 Å². The normalized spacial score (nSPS) is 14.7. The Bertz CT molecular complexity index is 509. The minimum absolute atomic E-state index is 0.0430. The maximum atomic E-state index is 12.3.